The maximum absolute atomic E-state index is 10.5. The highest BCUT2D eigenvalue weighted by atomic mass is 16.5. The van der Waals surface area contributed by atoms with Crippen LogP contribution in [0, 0.1) is 0 Å². The Kier molecular flexibility index (Phi) is 5.63. The van der Waals surface area contributed by atoms with Crippen LogP contribution in [0.4, 0.5) is 0 Å². The van der Waals surface area contributed by atoms with E-state index >= 15 is 0 Å². The minimum Gasteiger partial charge on any atom is -0.386 e. The summed E-state index contributed by atoms with van der Waals surface area (Å²) in [4.78, 5) is 2.57. The molecule has 4 heteroatoms. The fraction of sp³-hybridized carbons (Fsp3) is 1.00. The Hall–Kier alpha value is -0.160. The normalized spacial score (nSPS) is 37.4. The van der Waals surface area contributed by atoms with E-state index in [9.17, 15) is 5.11 Å². The van der Waals surface area contributed by atoms with Crippen LogP contribution in [0.5, 0.6) is 0 Å². The second kappa shape index (κ2) is 7.02. The van der Waals surface area contributed by atoms with Gasteiger partial charge < -0.3 is 20.1 Å². The van der Waals surface area contributed by atoms with Crippen molar-refractivity contribution in [3.05, 3.63) is 0 Å². The van der Waals surface area contributed by atoms with Gasteiger partial charge in [-0.25, -0.2) is 0 Å². The van der Waals surface area contributed by atoms with Crippen LogP contribution in [0.15, 0.2) is 0 Å². The number of nitrogens with zero attached hydrogens (tertiary/aromatic N) is 1. The summed E-state index contributed by atoms with van der Waals surface area (Å²) in [6, 6.07) is 0.554. The molecule has 0 aromatic heterocycles. The summed E-state index contributed by atoms with van der Waals surface area (Å²) in [5.74, 6) is 0. The van der Waals surface area contributed by atoms with E-state index in [4.69, 9.17) is 4.74 Å². The molecule has 0 aromatic carbocycles. The number of nitrogens with one attached hydrogen (secondary N) is 1. The SMILES string of the molecule is CCCN1CCCC(NCC2(O)CCOC2C)CC1. The van der Waals surface area contributed by atoms with Crippen LogP contribution in [0.2, 0.25) is 0 Å². The van der Waals surface area contributed by atoms with Gasteiger partial charge in [-0.05, 0) is 52.2 Å². The molecule has 2 heterocycles. The summed E-state index contributed by atoms with van der Waals surface area (Å²) in [5, 5.41) is 14.1. The Bertz CT molecular complexity index is 275. The maximum atomic E-state index is 10.5. The van der Waals surface area contributed by atoms with Gasteiger partial charge in [0.05, 0.1) is 6.10 Å². The summed E-state index contributed by atoms with van der Waals surface area (Å²) in [6.07, 6.45) is 5.66. The molecule has 112 valence electrons. The largest absolute Gasteiger partial charge is 0.386 e. The van der Waals surface area contributed by atoms with Crippen molar-refractivity contribution in [2.45, 2.75) is 63.7 Å². The van der Waals surface area contributed by atoms with E-state index in [-0.39, 0.29) is 6.10 Å². The highest BCUT2D eigenvalue weighted by molar-refractivity contribution is 4.92. The zero-order valence-corrected chi connectivity index (χ0v) is 12.5. The highest BCUT2D eigenvalue weighted by Gasteiger charge is 2.39. The molecule has 2 aliphatic rings. The molecule has 19 heavy (non-hydrogen) atoms. The first kappa shape index (κ1) is 15.2. The molecule has 2 saturated heterocycles. The van der Waals surface area contributed by atoms with Gasteiger partial charge in [0.25, 0.3) is 0 Å². The highest BCUT2D eigenvalue weighted by Crippen LogP contribution is 2.25. The van der Waals surface area contributed by atoms with E-state index in [1.165, 1.54) is 45.3 Å². The predicted octanol–water partition coefficient (Wildman–Crippen LogP) is 1.38. The molecule has 2 rings (SSSR count). The third-order valence-corrected chi connectivity index (χ3v) is 4.72. The van der Waals surface area contributed by atoms with Crippen LogP contribution in [0.1, 0.15) is 46.0 Å². The fourth-order valence-corrected chi connectivity index (χ4v) is 3.22. The Morgan fingerprint density at radius 1 is 1.37 bits per heavy atom. The van der Waals surface area contributed by atoms with E-state index in [1.54, 1.807) is 0 Å². The summed E-state index contributed by atoms with van der Waals surface area (Å²) in [5.41, 5.74) is -0.657. The lowest BCUT2D eigenvalue weighted by Gasteiger charge is -2.29. The molecular weight excluding hydrogens is 240 g/mol. The molecule has 2 N–H and O–H groups in total. The third-order valence-electron chi connectivity index (χ3n) is 4.72. The topological polar surface area (TPSA) is 44.7 Å². The van der Waals surface area contributed by atoms with Crippen LogP contribution >= 0.6 is 0 Å². The van der Waals surface area contributed by atoms with Gasteiger partial charge in [0, 0.05) is 25.6 Å². The number of rotatable bonds is 5. The van der Waals surface area contributed by atoms with Crippen LogP contribution in [-0.2, 0) is 4.74 Å². The Morgan fingerprint density at radius 2 is 2.21 bits per heavy atom. The fourth-order valence-electron chi connectivity index (χ4n) is 3.22. The van der Waals surface area contributed by atoms with Crippen molar-refractivity contribution in [3.63, 3.8) is 0 Å². The number of hydrogen-bond acceptors (Lipinski definition) is 4. The average molecular weight is 270 g/mol. The first-order chi connectivity index (χ1) is 9.14. The van der Waals surface area contributed by atoms with Crippen molar-refractivity contribution in [2.24, 2.45) is 0 Å². The summed E-state index contributed by atoms with van der Waals surface area (Å²) < 4.78 is 5.48. The summed E-state index contributed by atoms with van der Waals surface area (Å²) in [7, 11) is 0. The van der Waals surface area contributed by atoms with Gasteiger partial charge in [-0.1, -0.05) is 6.92 Å². The Balaban J connectivity index is 1.74. The van der Waals surface area contributed by atoms with Crippen molar-refractivity contribution in [3.8, 4) is 0 Å². The molecule has 0 aromatic rings. The van der Waals surface area contributed by atoms with Gasteiger partial charge in [0.1, 0.15) is 5.60 Å². The molecule has 0 saturated carbocycles. The van der Waals surface area contributed by atoms with E-state index in [0.717, 1.165) is 6.42 Å². The molecule has 3 unspecified atom stereocenters. The smallest absolute Gasteiger partial charge is 0.105 e. The van der Waals surface area contributed by atoms with Crippen molar-refractivity contribution in [2.75, 3.05) is 32.8 Å². The first-order valence-electron chi connectivity index (χ1n) is 7.94. The summed E-state index contributed by atoms with van der Waals surface area (Å²) in [6.45, 7) is 9.23. The van der Waals surface area contributed by atoms with Crippen molar-refractivity contribution in [1.29, 1.82) is 0 Å². The van der Waals surface area contributed by atoms with E-state index < -0.39 is 5.60 Å². The molecular formula is C15H30N2O2. The van der Waals surface area contributed by atoms with Gasteiger partial charge in [-0.2, -0.15) is 0 Å². The molecule has 3 atom stereocenters. The second-order valence-electron chi connectivity index (χ2n) is 6.22. The quantitative estimate of drug-likeness (QED) is 0.792. The molecule has 0 spiro atoms. The van der Waals surface area contributed by atoms with Crippen molar-refractivity contribution >= 4 is 0 Å². The molecule has 2 fully saturated rings. The number of likely N-dealkylation sites (tertiary alicyclic amines) is 1. The first-order valence-corrected chi connectivity index (χ1v) is 7.94. The van der Waals surface area contributed by atoms with Crippen LogP contribution in [-0.4, -0.2) is 60.5 Å². The van der Waals surface area contributed by atoms with E-state index in [1.807, 2.05) is 6.92 Å². The monoisotopic (exact) mass is 270 g/mol. The summed E-state index contributed by atoms with van der Waals surface area (Å²) >= 11 is 0. The molecule has 0 bridgehead atoms. The standard InChI is InChI=1S/C15H30N2O2/c1-3-8-17-9-4-5-14(6-10-17)16-12-15(18)7-11-19-13(15)2/h13-14,16,18H,3-12H2,1-2H3. The molecule has 4 nitrogen and oxygen atoms in total. The molecule has 0 radical (unpaired) electrons. The zero-order chi connectivity index (χ0) is 13.7. The number of hydrogen-bond donors (Lipinski definition) is 2. The van der Waals surface area contributed by atoms with Gasteiger partial charge in [-0.3, -0.25) is 0 Å². The lowest BCUT2D eigenvalue weighted by atomic mass is 9.96. The minimum atomic E-state index is -0.657. The van der Waals surface area contributed by atoms with Gasteiger partial charge in [-0.15, -0.1) is 0 Å². The van der Waals surface area contributed by atoms with Crippen LogP contribution in [0.3, 0.4) is 0 Å². The minimum absolute atomic E-state index is 0.0395. The average Bonchev–Trinajstić information content (AvgIpc) is 2.61. The van der Waals surface area contributed by atoms with Gasteiger partial charge in [0.2, 0.25) is 0 Å². The van der Waals surface area contributed by atoms with Gasteiger partial charge >= 0.3 is 0 Å². The maximum Gasteiger partial charge on any atom is 0.105 e. The van der Waals surface area contributed by atoms with Gasteiger partial charge in [0.15, 0.2) is 0 Å². The number of aliphatic hydroxyl groups is 1. The molecule has 0 amide bonds. The Labute approximate surface area is 117 Å². The predicted molar refractivity (Wildman–Crippen MR) is 77.4 cm³/mol. The zero-order valence-electron chi connectivity index (χ0n) is 12.5. The van der Waals surface area contributed by atoms with Crippen LogP contribution < -0.4 is 5.32 Å². The van der Waals surface area contributed by atoms with Crippen molar-refractivity contribution < 1.29 is 9.84 Å². The van der Waals surface area contributed by atoms with Crippen molar-refractivity contribution in [1.82, 2.24) is 10.2 Å². The lowest BCUT2D eigenvalue weighted by molar-refractivity contribution is -0.0278. The lowest BCUT2D eigenvalue weighted by Crippen LogP contribution is -2.48. The third kappa shape index (κ3) is 4.15. The number of ether oxygens (including phenoxy) is 1. The molecule has 2 aliphatic heterocycles. The van der Waals surface area contributed by atoms with E-state index in [0.29, 0.717) is 19.2 Å². The Morgan fingerprint density at radius 3 is 2.89 bits per heavy atom. The molecule has 0 aliphatic carbocycles. The van der Waals surface area contributed by atoms with E-state index in [2.05, 4.69) is 17.1 Å². The second-order valence-corrected chi connectivity index (χ2v) is 6.22. The van der Waals surface area contributed by atoms with Crippen LogP contribution in [0.25, 0.3) is 0 Å².